The molecule has 0 aliphatic carbocycles. The standard InChI is InChI=1S/C16H14FN5O/c1-21(14-5-3-2-4-6-14)15(23)11-22-19-16(18-20-22)12-7-9-13(17)10-8-12/h2-10H,11H2,1H3. The van der Waals surface area contributed by atoms with Gasteiger partial charge in [-0.05, 0) is 41.6 Å². The van der Waals surface area contributed by atoms with Crippen molar-refractivity contribution in [3.8, 4) is 11.4 Å². The number of amides is 1. The Hall–Kier alpha value is -3.09. The van der Waals surface area contributed by atoms with E-state index >= 15 is 0 Å². The second-order valence-electron chi connectivity index (χ2n) is 4.94. The van der Waals surface area contributed by atoms with Crippen molar-refractivity contribution in [1.82, 2.24) is 20.2 Å². The van der Waals surface area contributed by atoms with E-state index in [1.54, 1.807) is 19.2 Å². The number of carbonyl (C=O) groups excluding carboxylic acids is 1. The van der Waals surface area contributed by atoms with Gasteiger partial charge in [0.1, 0.15) is 12.4 Å². The van der Waals surface area contributed by atoms with Crippen LogP contribution in [0.3, 0.4) is 0 Å². The van der Waals surface area contributed by atoms with Gasteiger partial charge in [-0.2, -0.15) is 4.80 Å². The molecule has 6 nitrogen and oxygen atoms in total. The molecule has 0 aliphatic heterocycles. The Labute approximate surface area is 132 Å². The highest BCUT2D eigenvalue weighted by Gasteiger charge is 2.14. The van der Waals surface area contributed by atoms with Gasteiger partial charge in [0.15, 0.2) is 0 Å². The fourth-order valence-corrected chi connectivity index (χ4v) is 2.05. The predicted octanol–water partition coefficient (Wildman–Crippen LogP) is 2.14. The summed E-state index contributed by atoms with van der Waals surface area (Å²) in [5.41, 5.74) is 1.43. The second-order valence-corrected chi connectivity index (χ2v) is 4.94. The summed E-state index contributed by atoms with van der Waals surface area (Å²) in [4.78, 5) is 15.0. The zero-order valence-electron chi connectivity index (χ0n) is 12.4. The zero-order chi connectivity index (χ0) is 16.2. The second kappa shape index (κ2) is 6.35. The van der Waals surface area contributed by atoms with Gasteiger partial charge in [0.2, 0.25) is 11.7 Å². The van der Waals surface area contributed by atoms with Crippen LogP contribution in [0, 0.1) is 5.82 Å². The maximum Gasteiger partial charge on any atom is 0.250 e. The van der Waals surface area contributed by atoms with Crippen molar-refractivity contribution in [3.63, 3.8) is 0 Å². The fraction of sp³-hybridized carbons (Fsp3) is 0.125. The van der Waals surface area contributed by atoms with E-state index in [4.69, 9.17) is 0 Å². The number of benzene rings is 2. The first kappa shape index (κ1) is 14.8. The smallest absolute Gasteiger partial charge is 0.250 e. The molecule has 1 heterocycles. The first-order valence-electron chi connectivity index (χ1n) is 6.99. The van der Waals surface area contributed by atoms with Gasteiger partial charge in [-0.3, -0.25) is 4.79 Å². The first-order valence-corrected chi connectivity index (χ1v) is 6.99. The first-order chi connectivity index (χ1) is 11.1. The van der Waals surface area contributed by atoms with Crippen LogP contribution in [0.25, 0.3) is 11.4 Å². The molecule has 2 aromatic carbocycles. The molecule has 7 heteroatoms. The van der Waals surface area contributed by atoms with Crippen LogP contribution in [-0.4, -0.2) is 33.2 Å². The van der Waals surface area contributed by atoms with Gasteiger partial charge in [0, 0.05) is 18.3 Å². The number of tetrazole rings is 1. The van der Waals surface area contributed by atoms with Gasteiger partial charge in [-0.25, -0.2) is 4.39 Å². The zero-order valence-corrected chi connectivity index (χ0v) is 12.4. The maximum atomic E-state index is 12.9. The normalized spacial score (nSPS) is 10.5. The van der Waals surface area contributed by atoms with Crippen LogP contribution in [0.1, 0.15) is 0 Å². The number of nitrogens with zero attached hydrogens (tertiary/aromatic N) is 5. The number of anilines is 1. The van der Waals surface area contributed by atoms with E-state index in [0.29, 0.717) is 11.4 Å². The van der Waals surface area contributed by atoms with E-state index in [9.17, 15) is 9.18 Å². The van der Waals surface area contributed by atoms with Crippen molar-refractivity contribution in [2.24, 2.45) is 0 Å². The molecule has 0 spiro atoms. The number of halogens is 1. The topological polar surface area (TPSA) is 63.9 Å². The summed E-state index contributed by atoms with van der Waals surface area (Å²) in [7, 11) is 1.69. The Morgan fingerprint density at radius 3 is 2.52 bits per heavy atom. The Morgan fingerprint density at radius 1 is 1.13 bits per heavy atom. The van der Waals surface area contributed by atoms with Crippen LogP contribution < -0.4 is 4.90 Å². The van der Waals surface area contributed by atoms with Gasteiger partial charge < -0.3 is 4.90 Å². The minimum Gasteiger partial charge on any atom is -0.314 e. The average Bonchev–Trinajstić information content (AvgIpc) is 3.04. The molecule has 0 N–H and O–H groups in total. The number of hydrogen-bond donors (Lipinski definition) is 0. The lowest BCUT2D eigenvalue weighted by Crippen LogP contribution is -2.30. The lowest BCUT2D eigenvalue weighted by Gasteiger charge is -2.16. The minimum atomic E-state index is -0.333. The highest BCUT2D eigenvalue weighted by Crippen LogP contribution is 2.14. The Kier molecular flexibility index (Phi) is 4.09. The summed E-state index contributed by atoms with van der Waals surface area (Å²) in [5, 5.41) is 11.9. The number of rotatable bonds is 4. The van der Waals surface area contributed by atoms with Crippen molar-refractivity contribution >= 4 is 11.6 Å². The monoisotopic (exact) mass is 311 g/mol. The molecule has 1 amide bonds. The van der Waals surface area contributed by atoms with Gasteiger partial charge in [0.25, 0.3) is 0 Å². The highest BCUT2D eigenvalue weighted by atomic mass is 19.1. The van der Waals surface area contributed by atoms with E-state index in [2.05, 4.69) is 15.4 Å². The summed E-state index contributed by atoms with van der Waals surface area (Å²) < 4.78 is 12.9. The van der Waals surface area contributed by atoms with Crippen molar-refractivity contribution in [2.75, 3.05) is 11.9 Å². The molecule has 1 aromatic heterocycles. The van der Waals surface area contributed by atoms with Crippen LogP contribution in [0.4, 0.5) is 10.1 Å². The molecule has 0 bridgehead atoms. The number of hydrogen-bond acceptors (Lipinski definition) is 4. The van der Waals surface area contributed by atoms with E-state index in [1.807, 2.05) is 30.3 Å². The van der Waals surface area contributed by atoms with E-state index in [0.717, 1.165) is 5.69 Å². The summed E-state index contributed by atoms with van der Waals surface area (Å²) in [6.45, 7) is -0.0282. The average molecular weight is 311 g/mol. The molecule has 3 aromatic rings. The third-order valence-electron chi connectivity index (χ3n) is 3.35. The summed E-state index contributed by atoms with van der Waals surface area (Å²) in [6.07, 6.45) is 0. The van der Waals surface area contributed by atoms with Crippen LogP contribution in [0.2, 0.25) is 0 Å². The van der Waals surface area contributed by atoms with Crippen molar-refractivity contribution < 1.29 is 9.18 Å². The van der Waals surface area contributed by atoms with Gasteiger partial charge >= 0.3 is 0 Å². The summed E-state index contributed by atoms with van der Waals surface area (Å²) >= 11 is 0. The van der Waals surface area contributed by atoms with Crippen LogP contribution in [-0.2, 0) is 11.3 Å². The minimum absolute atomic E-state index is 0.0282. The Bertz CT molecular complexity index is 801. The largest absolute Gasteiger partial charge is 0.314 e. The van der Waals surface area contributed by atoms with E-state index in [1.165, 1.54) is 21.8 Å². The van der Waals surface area contributed by atoms with Gasteiger partial charge in [0.05, 0.1) is 0 Å². The highest BCUT2D eigenvalue weighted by molar-refractivity contribution is 5.92. The van der Waals surface area contributed by atoms with Gasteiger partial charge in [-0.15, -0.1) is 10.2 Å². The molecule has 0 unspecified atom stereocenters. The number of para-hydroxylation sites is 1. The molecular formula is C16H14FN5O. The number of carbonyl (C=O) groups is 1. The third-order valence-corrected chi connectivity index (χ3v) is 3.35. The lowest BCUT2D eigenvalue weighted by molar-refractivity contribution is -0.119. The molecule has 0 saturated carbocycles. The van der Waals surface area contributed by atoms with E-state index in [-0.39, 0.29) is 18.3 Å². The molecule has 0 aliphatic rings. The molecule has 116 valence electrons. The van der Waals surface area contributed by atoms with Gasteiger partial charge in [-0.1, -0.05) is 18.2 Å². The molecule has 0 radical (unpaired) electrons. The van der Waals surface area contributed by atoms with Crippen molar-refractivity contribution in [2.45, 2.75) is 6.54 Å². The lowest BCUT2D eigenvalue weighted by atomic mass is 10.2. The van der Waals surface area contributed by atoms with Crippen molar-refractivity contribution in [1.29, 1.82) is 0 Å². The van der Waals surface area contributed by atoms with E-state index < -0.39 is 0 Å². The summed E-state index contributed by atoms with van der Waals surface area (Å²) in [6, 6.07) is 15.1. The number of likely N-dealkylation sites (N-methyl/N-ethyl adjacent to an activating group) is 1. The molecule has 0 saturated heterocycles. The SMILES string of the molecule is CN(C(=O)Cn1nnc(-c2ccc(F)cc2)n1)c1ccccc1. The Morgan fingerprint density at radius 2 is 1.83 bits per heavy atom. The predicted molar refractivity (Wildman–Crippen MR) is 83.1 cm³/mol. The van der Waals surface area contributed by atoms with Crippen LogP contribution >= 0.6 is 0 Å². The third kappa shape index (κ3) is 3.39. The molecule has 23 heavy (non-hydrogen) atoms. The quantitative estimate of drug-likeness (QED) is 0.740. The maximum absolute atomic E-state index is 12.9. The fourth-order valence-electron chi connectivity index (χ4n) is 2.05. The molecule has 3 rings (SSSR count). The molecule has 0 fully saturated rings. The van der Waals surface area contributed by atoms with Crippen molar-refractivity contribution in [3.05, 3.63) is 60.4 Å². The van der Waals surface area contributed by atoms with Crippen LogP contribution in [0.15, 0.2) is 54.6 Å². The Balaban J connectivity index is 1.71. The molecule has 0 atom stereocenters. The molecular weight excluding hydrogens is 297 g/mol. The number of aromatic nitrogens is 4. The van der Waals surface area contributed by atoms with Crippen LogP contribution in [0.5, 0.6) is 0 Å². The summed E-state index contributed by atoms with van der Waals surface area (Å²) in [5.74, 6) is -0.153.